The van der Waals surface area contributed by atoms with Crippen molar-refractivity contribution in [3.8, 4) is 5.75 Å². The van der Waals surface area contributed by atoms with Crippen molar-refractivity contribution in [2.75, 3.05) is 12.4 Å². The Kier molecular flexibility index (Phi) is 4.02. The van der Waals surface area contributed by atoms with E-state index in [1.54, 1.807) is 38.3 Å². The normalized spacial score (nSPS) is 16.2. The van der Waals surface area contributed by atoms with Gasteiger partial charge in [0.15, 0.2) is 0 Å². The first kappa shape index (κ1) is 14.0. The highest BCUT2D eigenvalue weighted by molar-refractivity contribution is 6.07. The van der Waals surface area contributed by atoms with E-state index in [0.717, 1.165) is 4.90 Å². The van der Waals surface area contributed by atoms with Crippen LogP contribution in [0.25, 0.3) is 0 Å². The number of nitrogens with one attached hydrogen (secondary N) is 1. The number of hydrogen-bond acceptors (Lipinski definition) is 4. The molecule has 0 aromatic heterocycles. The number of carbonyl (C=O) groups excluding carboxylic acids is 3. The Morgan fingerprint density at radius 2 is 1.75 bits per heavy atom. The van der Waals surface area contributed by atoms with Crippen LogP contribution in [0, 0.1) is 0 Å². The fourth-order valence-electron chi connectivity index (χ4n) is 2.06. The molecule has 0 spiro atoms. The molecule has 0 aliphatic carbocycles. The topological polar surface area (TPSA) is 75.7 Å². The van der Waals surface area contributed by atoms with E-state index in [2.05, 4.69) is 5.32 Å². The first-order chi connectivity index (χ1) is 9.52. The fraction of sp³-hybridized carbons (Fsp3) is 0.357. The number of nitrogens with zero attached hydrogens (tertiary/aromatic N) is 1. The second-order valence-electron chi connectivity index (χ2n) is 4.55. The molecule has 1 fully saturated rings. The Labute approximate surface area is 116 Å². The first-order valence-corrected chi connectivity index (χ1v) is 6.32. The molecule has 1 atom stereocenters. The third-order valence-corrected chi connectivity index (χ3v) is 3.21. The summed E-state index contributed by atoms with van der Waals surface area (Å²) in [6.07, 6.45) is 0.359. The standard InChI is InChI=1S/C14H16N2O4/c1-9(16-12(17)7-8-13(16)18)14(19)15-10-3-5-11(20-2)6-4-10/h3-6,9H,7-8H2,1-2H3,(H,15,19)/t9-/m1/s1. The van der Waals surface area contributed by atoms with E-state index in [9.17, 15) is 14.4 Å². The van der Waals surface area contributed by atoms with Crippen molar-refractivity contribution in [3.63, 3.8) is 0 Å². The lowest BCUT2D eigenvalue weighted by Crippen LogP contribution is -2.44. The lowest BCUT2D eigenvalue weighted by Gasteiger charge is -2.21. The molecule has 1 saturated heterocycles. The van der Waals surface area contributed by atoms with Crippen molar-refractivity contribution in [2.45, 2.75) is 25.8 Å². The zero-order chi connectivity index (χ0) is 14.7. The molecule has 2 rings (SSSR count). The molecular weight excluding hydrogens is 260 g/mol. The first-order valence-electron chi connectivity index (χ1n) is 6.32. The van der Waals surface area contributed by atoms with E-state index in [1.807, 2.05) is 0 Å². The number of likely N-dealkylation sites (tertiary alicyclic amines) is 1. The number of amides is 3. The van der Waals surface area contributed by atoms with Gasteiger partial charge in [0.1, 0.15) is 11.8 Å². The minimum atomic E-state index is -0.806. The fourth-order valence-corrected chi connectivity index (χ4v) is 2.06. The molecule has 1 aliphatic heterocycles. The largest absolute Gasteiger partial charge is 0.497 e. The number of ether oxygens (including phenoxy) is 1. The molecule has 20 heavy (non-hydrogen) atoms. The lowest BCUT2D eigenvalue weighted by atomic mass is 10.2. The van der Waals surface area contributed by atoms with Gasteiger partial charge in [0, 0.05) is 18.5 Å². The Morgan fingerprint density at radius 1 is 1.20 bits per heavy atom. The zero-order valence-electron chi connectivity index (χ0n) is 11.4. The van der Waals surface area contributed by atoms with Crippen LogP contribution in [0.3, 0.4) is 0 Å². The van der Waals surface area contributed by atoms with E-state index in [0.29, 0.717) is 11.4 Å². The highest BCUT2D eigenvalue weighted by Gasteiger charge is 2.36. The van der Waals surface area contributed by atoms with Gasteiger partial charge in [0.05, 0.1) is 7.11 Å². The second-order valence-corrected chi connectivity index (χ2v) is 4.55. The molecule has 3 amide bonds. The molecule has 1 aromatic carbocycles. The molecule has 0 radical (unpaired) electrons. The molecule has 1 heterocycles. The summed E-state index contributed by atoms with van der Waals surface area (Å²) in [5.41, 5.74) is 0.585. The Hall–Kier alpha value is -2.37. The van der Waals surface area contributed by atoms with E-state index < -0.39 is 11.9 Å². The molecule has 6 heteroatoms. The van der Waals surface area contributed by atoms with Gasteiger partial charge < -0.3 is 10.1 Å². The van der Waals surface area contributed by atoms with Crippen molar-refractivity contribution in [1.82, 2.24) is 4.90 Å². The van der Waals surface area contributed by atoms with Gasteiger partial charge in [-0.3, -0.25) is 19.3 Å². The number of methoxy groups -OCH3 is 1. The third kappa shape index (κ3) is 2.79. The Morgan fingerprint density at radius 3 is 2.25 bits per heavy atom. The Bertz CT molecular complexity index is 523. The molecule has 6 nitrogen and oxygen atoms in total. The average molecular weight is 276 g/mol. The number of imide groups is 1. The van der Waals surface area contributed by atoms with E-state index >= 15 is 0 Å². The van der Waals surface area contributed by atoms with Crippen molar-refractivity contribution in [1.29, 1.82) is 0 Å². The summed E-state index contributed by atoms with van der Waals surface area (Å²) in [7, 11) is 1.56. The van der Waals surface area contributed by atoms with Gasteiger partial charge in [-0.15, -0.1) is 0 Å². The average Bonchev–Trinajstić information content (AvgIpc) is 2.78. The van der Waals surface area contributed by atoms with Gasteiger partial charge in [-0.05, 0) is 31.2 Å². The molecule has 1 aliphatic rings. The monoisotopic (exact) mass is 276 g/mol. The minimum absolute atomic E-state index is 0.180. The highest BCUT2D eigenvalue weighted by Crippen LogP contribution is 2.18. The number of anilines is 1. The molecule has 1 N–H and O–H groups in total. The lowest BCUT2D eigenvalue weighted by molar-refractivity contribution is -0.144. The van der Waals surface area contributed by atoms with E-state index in [-0.39, 0.29) is 24.7 Å². The van der Waals surface area contributed by atoms with Gasteiger partial charge in [-0.1, -0.05) is 0 Å². The number of rotatable bonds is 4. The number of benzene rings is 1. The summed E-state index contributed by atoms with van der Waals surface area (Å²) < 4.78 is 5.02. The SMILES string of the molecule is COc1ccc(NC(=O)[C@@H](C)N2C(=O)CCC2=O)cc1. The molecule has 0 bridgehead atoms. The van der Waals surface area contributed by atoms with Crippen LogP contribution in [-0.4, -0.2) is 35.8 Å². The van der Waals surface area contributed by atoms with Gasteiger partial charge in [-0.25, -0.2) is 0 Å². The van der Waals surface area contributed by atoms with Gasteiger partial charge in [0.2, 0.25) is 17.7 Å². The van der Waals surface area contributed by atoms with Crippen molar-refractivity contribution in [3.05, 3.63) is 24.3 Å². The van der Waals surface area contributed by atoms with E-state index in [4.69, 9.17) is 4.74 Å². The molecule has 1 aromatic rings. The number of carbonyl (C=O) groups is 3. The van der Waals surface area contributed by atoms with Crippen molar-refractivity contribution in [2.24, 2.45) is 0 Å². The van der Waals surface area contributed by atoms with Crippen LogP contribution in [0.1, 0.15) is 19.8 Å². The van der Waals surface area contributed by atoms with Crippen LogP contribution in [0.15, 0.2) is 24.3 Å². The predicted octanol–water partition coefficient (Wildman–Crippen LogP) is 1.17. The van der Waals surface area contributed by atoms with Gasteiger partial charge >= 0.3 is 0 Å². The molecule has 106 valence electrons. The van der Waals surface area contributed by atoms with Gasteiger partial charge in [-0.2, -0.15) is 0 Å². The quantitative estimate of drug-likeness (QED) is 0.838. The van der Waals surface area contributed by atoms with Crippen LogP contribution in [0.2, 0.25) is 0 Å². The zero-order valence-corrected chi connectivity index (χ0v) is 11.4. The maximum atomic E-state index is 12.1. The summed E-state index contributed by atoms with van der Waals surface area (Å²) in [4.78, 5) is 36.2. The van der Waals surface area contributed by atoms with Crippen LogP contribution < -0.4 is 10.1 Å². The molecule has 0 unspecified atom stereocenters. The van der Waals surface area contributed by atoms with Crippen molar-refractivity contribution >= 4 is 23.4 Å². The van der Waals surface area contributed by atoms with Crippen LogP contribution in [0.5, 0.6) is 5.75 Å². The second kappa shape index (κ2) is 5.73. The smallest absolute Gasteiger partial charge is 0.247 e. The maximum Gasteiger partial charge on any atom is 0.247 e. The van der Waals surface area contributed by atoms with Crippen molar-refractivity contribution < 1.29 is 19.1 Å². The van der Waals surface area contributed by atoms with E-state index in [1.165, 1.54) is 0 Å². The van der Waals surface area contributed by atoms with Crippen LogP contribution in [-0.2, 0) is 14.4 Å². The summed E-state index contributed by atoms with van der Waals surface area (Å²) in [6, 6.07) is 6.01. The predicted molar refractivity (Wildman–Crippen MR) is 72.2 cm³/mol. The minimum Gasteiger partial charge on any atom is -0.497 e. The molecular formula is C14H16N2O4. The molecule has 0 saturated carbocycles. The summed E-state index contributed by atoms with van der Waals surface area (Å²) in [5, 5.41) is 2.67. The maximum absolute atomic E-state index is 12.1. The number of hydrogen-bond donors (Lipinski definition) is 1. The summed E-state index contributed by atoms with van der Waals surface area (Å²) in [5.74, 6) is -0.306. The highest BCUT2D eigenvalue weighted by atomic mass is 16.5. The van der Waals surface area contributed by atoms with Crippen LogP contribution in [0.4, 0.5) is 5.69 Å². The summed E-state index contributed by atoms with van der Waals surface area (Å²) in [6.45, 7) is 1.54. The van der Waals surface area contributed by atoms with Gasteiger partial charge in [0.25, 0.3) is 0 Å². The third-order valence-electron chi connectivity index (χ3n) is 3.21. The Balaban J connectivity index is 2.03. The summed E-state index contributed by atoms with van der Waals surface area (Å²) >= 11 is 0. The van der Waals surface area contributed by atoms with Crippen LogP contribution >= 0.6 is 0 Å².